The monoisotopic (exact) mass is 595 g/mol. The number of unbranched alkanes of at least 4 members (excludes halogenated alkanes) is 23. The van der Waals surface area contributed by atoms with E-state index in [9.17, 15) is 9.59 Å². The summed E-state index contributed by atoms with van der Waals surface area (Å²) in [7, 11) is 0. The highest BCUT2D eigenvalue weighted by atomic mass is 16.5. The van der Waals surface area contributed by atoms with Crippen molar-refractivity contribution in [3.8, 4) is 0 Å². The predicted octanol–water partition coefficient (Wildman–Crippen LogP) is 12.4. The lowest BCUT2D eigenvalue weighted by molar-refractivity contribution is -0.152. The summed E-state index contributed by atoms with van der Waals surface area (Å²) >= 11 is 0. The van der Waals surface area contributed by atoms with Gasteiger partial charge in [-0.05, 0) is 45.4 Å². The number of ether oxygens (including phenoxy) is 2. The number of carbonyl (C=O) groups is 2. The minimum Gasteiger partial charge on any atom is -0.463 e. The molecule has 0 N–H and O–H groups in total. The summed E-state index contributed by atoms with van der Waals surface area (Å²) in [6.07, 6.45) is 34.5. The van der Waals surface area contributed by atoms with Gasteiger partial charge >= 0.3 is 11.9 Å². The van der Waals surface area contributed by atoms with Crippen molar-refractivity contribution >= 4 is 11.9 Å². The van der Waals surface area contributed by atoms with Crippen molar-refractivity contribution in [2.24, 2.45) is 5.92 Å². The van der Waals surface area contributed by atoms with Crippen molar-refractivity contribution in [1.29, 1.82) is 0 Å². The average molecular weight is 595 g/mol. The van der Waals surface area contributed by atoms with Gasteiger partial charge in [0.1, 0.15) is 6.10 Å². The number of carbonyl (C=O) groups excluding carboxylic acids is 2. The molecule has 0 aromatic rings. The second-order valence-electron chi connectivity index (χ2n) is 13.6. The molecule has 1 unspecified atom stereocenters. The molecule has 0 bridgehead atoms. The average Bonchev–Trinajstić information content (AvgIpc) is 2.94. The lowest BCUT2D eigenvalue weighted by Gasteiger charge is -2.21. The first kappa shape index (κ1) is 40.9. The van der Waals surface area contributed by atoms with Crippen molar-refractivity contribution in [2.45, 2.75) is 227 Å². The number of hydrogen-bond donors (Lipinski definition) is 0. The Balaban J connectivity index is 3.55. The molecule has 4 nitrogen and oxygen atoms in total. The largest absolute Gasteiger partial charge is 0.463 e. The van der Waals surface area contributed by atoms with Crippen molar-refractivity contribution in [2.75, 3.05) is 0 Å². The van der Waals surface area contributed by atoms with Gasteiger partial charge in [0.25, 0.3) is 0 Å². The highest BCUT2D eigenvalue weighted by Crippen LogP contribution is 2.19. The van der Waals surface area contributed by atoms with Gasteiger partial charge in [-0.3, -0.25) is 9.59 Å². The first-order chi connectivity index (χ1) is 20.4. The summed E-state index contributed by atoms with van der Waals surface area (Å²) in [5, 5.41) is 0. The predicted molar refractivity (Wildman–Crippen MR) is 181 cm³/mol. The van der Waals surface area contributed by atoms with Crippen LogP contribution in [0.2, 0.25) is 0 Å². The van der Waals surface area contributed by atoms with E-state index in [0.29, 0.717) is 18.8 Å². The standard InChI is InChI=1S/C38H74O4/c1-6-7-8-9-10-11-12-13-17-21-24-27-30-33-38(40)42-36(34(2)3)31-28-25-22-19-16-14-15-18-20-23-26-29-32-37(39)41-35(4)5/h34-36H,6-33H2,1-5H3. The van der Waals surface area contributed by atoms with Crippen LogP contribution in [0.4, 0.5) is 0 Å². The lowest BCUT2D eigenvalue weighted by atomic mass is 9.99. The maximum Gasteiger partial charge on any atom is 0.306 e. The van der Waals surface area contributed by atoms with Crippen LogP contribution in [0.25, 0.3) is 0 Å². The summed E-state index contributed by atoms with van der Waals surface area (Å²) in [6, 6.07) is 0. The number of hydrogen-bond acceptors (Lipinski definition) is 4. The van der Waals surface area contributed by atoms with Crippen LogP contribution >= 0.6 is 0 Å². The van der Waals surface area contributed by atoms with Crippen LogP contribution in [-0.4, -0.2) is 24.1 Å². The molecule has 0 rings (SSSR count). The van der Waals surface area contributed by atoms with Gasteiger partial charge in [-0.25, -0.2) is 0 Å². The fourth-order valence-electron chi connectivity index (χ4n) is 5.75. The van der Waals surface area contributed by atoms with Gasteiger partial charge in [-0.15, -0.1) is 0 Å². The molecule has 1 atom stereocenters. The molecular formula is C38H74O4. The first-order valence-electron chi connectivity index (χ1n) is 18.8. The van der Waals surface area contributed by atoms with Crippen LogP contribution in [0, 0.1) is 5.92 Å². The third-order valence-corrected chi connectivity index (χ3v) is 8.50. The van der Waals surface area contributed by atoms with Gasteiger partial charge in [0.2, 0.25) is 0 Å². The van der Waals surface area contributed by atoms with E-state index in [-0.39, 0.29) is 24.1 Å². The van der Waals surface area contributed by atoms with E-state index < -0.39 is 0 Å². The summed E-state index contributed by atoms with van der Waals surface area (Å²) in [5.74, 6) is 0.367. The van der Waals surface area contributed by atoms with Crippen LogP contribution in [0.5, 0.6) is 0 Å². The normalized spacial score (nSPS) is 12.3. The molecule has 0 aliphatic carbocycles. The zero-order valence-corrected chi connectivity index (χ0v) is 29.2. The molecule has 0 spiro atoms. The van der Waals surface area contributed by atoms with E-state index in [0.717, 1.165) is 32.1 Å². The SMILES string of the molecule is CCCCCCCCCCCCCCCC(=O)OC(CCCCCCCCCCCCCCC(=O)OC(C)C)C(C)C. The molecule has 0 aliphatic heterocycles. The van der Waals surface area contributed by atoms with Gasteiger partial charge in [-0.1, -0.05) is 162 Å². The van der Waals surface area contributed by atoms with E-state index in [2.05, 4.69) is 20.8 Å². The third-order valence-electron chi connectivity index (χ3n) is 8.50. The van der Waals surface area contributed by atoms with E-state index >= 15 is 0 Å². The molecule has 0 heterocycles. The minimum absolute atomic E-state index is 0.00249. The first-order valence-corrected chi connectivity index (χ1v) is 18.8. The fraction of sp³-hybridized carbons (Fsp3) is 0.947. The zero-order valence-electron chi connectivity index (χ0n) is 29.2. The van der Waals surface area contributed by atoms with Gasteiger partial charge in [0.05, 0.1) is 6.10 Å². The zero-order chi connectivity index (χ0) is 31.1. The van der Waals surface area contributed by atoms with Gasteiger partial charge in [-0.2, -0.15) is 0 Å². The molecule has 0 amide bonds. The van der Waals surface area contributed by atoms with Crippen LogP contribution in [0.15, 0.2) is 0 Å². The Morgan fingerprint density at radius 2 is 0.738 bits per heavy atom. The molecule has 0 fully saturated rings. The maximum absolute atomic E-state index is 12.4. The smallest absolute Gasteiger partial charge is 0.306 e. The number of rotatable bonds is 32. The van der Waals surface area contributed by atoms with Crippen molar-refractivity contribution in [1.82, 2.24) is 0 Å². The Bertz CT molecular complexity index is 586. The molecule has 42 heavy (non-hydrogen) atoms. The summed E-state index contributed by atoms with van der Waals surface area (Å²) in [5.41, 5.74) is 0. The summed E-state index contributed by atoms with van der Waals surface area (Å²) < 4.78 is 11.1. The topological polar surface area (TPSA) is 52.6 Å². The number of esters is 2. The minimum atomic E-state index is -0.0500. The summed E-state index contributed by atoms with van der Waals surface area (Å²) in [4.78, 5) is 23.9. The quantitative estimate of drug-likeness (QED) is 0.0574. The van der Waals surface area contributed by atoms with Crippen LogP contribution in [0.1, 0.15) is 214 Å². The van der Waals surface area contributed by atoms with Crippen LogP contribution in [0.3, 0.4) is 0 Å². The fourth-order valence-corrected chi connectivity index (χ4v) is 5.75. The van der Waals surface area contributed by atoms with Crippen molar-refractivity contribution in [3.05, 3.63) is 0 Å². The van der Waals surface area contributed by atoms with Gasteiger partial charge in [0.15, 0.2) is 0 Å². The van der Waals surface area contributed by atoms with Crippen LogP contribution < -0.4 is 0 Å². The van der Waals surface area contributed by atoms with E-state index in [1.807, 2.05) is 13.8 Å². The Labute approximate surface area is 263 Å². The molecule has 0 saturated carbocycles. The Kier molecular flexibility index (Phi) is 30.6. The molecule has 0 aromatic carbocycles. The van der Waals surface area contributed by atoms with Crippen molar-refractivity contribution in [3.63, 3.8) is 0 Å². The van der Waals surface area contributed by atoms with Gasteiger partial charge in [0, 0.05) is 12.8 Å². The van der Waals surface area contributed by atoms with Crippen molar-refractivity contribution < 1.29 is 19.1 Å². The maximum atomic E-state index is 12.4. The molecule has 0 saturated heterocycles. The van der Waals surface area contributed by atoms with E-state index in [4.69, 9.17) is 9.47 Å². The van der Waals surface area contributed by atoms with Gasteiger partial charge < -0.3 is 9.47 Å². The third kappa shape index (κ3) is 30.4. The van der Waals surface area contributed by atoms with Crippen LogP contribution in [-0.2, 0) is 19.1 Å². The molecule has 0 radical (unpaired) electrons. The highest BCUT2D eigenvalue weighted by molar-refractivity contribution is 5.69. The highest BCUT2D eigenvalue weighted by Gasteiger charge is 2.17. The second-order valence-corrected chi connectivity index (χ2v) is 13.6. The van der Waals surface area contributed by atoms with E-state index in [1.54, 1.807) is 0 Å². The molecule has 250 valence electrons. The molecule has 0 aliphatic rings. The Morgan fingerprint density at radius 1 is 0.429 bits per heavy atom. The Morgan fingerprint density at radius 3 is 1.07 bits per heavy atom. The molecule has 0 aromatic heterocycles. The van der Waals surface area contributed by atoms with E-state index in [1.165, 1.54) is 135 Å². The summed E-state index contributed by atoms with van der Waals surface area (Å²) in [6.45, 7) is 10.5. The Hall–Kier alpha value is -1.06. The molecular weight excluding hydrogens is 520 g/mol. The second kappa shape index (κ2) is 31.4. The lowest BCUT2D eigenvalue weighted by Crippen LogP contribution is -2.23. The molecule has 4 heteroatoms.